The Morgan fingerprint density at radius 2 is 2.31 bits per heavy atom. The fraction of sp³-hybridized carbons (Fsp3) is 0.182. The van der Waals surface area contributed by atoms with E-state index in [0.29, 0.717) is 4.88 Å². The maximum absolute atomic E-state index is 11.3. The van der Waals surface area contributed by atoms with Crippen LogP contribution in [0.4, 0.5) is 0 Å². The molecular formula is C11H8BrClOS2. The highest BCUT2D eigenvalue weighted by molar-refractivity contribution is 9.10. The molecule has 2 rings (SSSR count). The Labute approximate surface area is 115 Å². The minimum atomic E-state index is -0.367. The quantitative estimate of drug-likeness (QED) is 0.569. The lowest BCUT2D eigenvalue weighted by Crippen LogP contribution is -1.85. The molecule has 0 aliphatic rings. The average molecular weight is 336 g/mol. The zero-order chi connectivity index (χ0) is 11.7. The lowest BCUT2D eigenvalue weighted by Gasteiger charge is -1.98. The highest BCUT2D eigenvalue weighted by Gasteiger charge is 2.16. The molecule has 0 saturated heterocycles. The molecule has 1 aromatic carbocycles. The number of thioether (sulfide) groups is 1. The molecule has 0 fully saturated rings. The van der Waals surface area contributed by atoms with Gasteiger partial charge in [-0.3, -0.25) is 4.79 Å². The predicted octanol–water partition coefficient (Wildman–Crippen LogP) is 5.15. The van der Waals surface area contributed by atoms with E-state index < -0.39 is 0 Å². The Morgan fingerprint density at radius 1 is 1.56 bits per heavy atom. The summed E-state index contributed by atoms with van der Waals surface area (Å²) in [5, 5.41) is 0.739. The van der Waals surface area contributed by atoms with E-state index in [9.17, 15) is 4.79 Å². The molecule has 16 heavy (non-hydrogen) atoms. The van der Waals surface area contributed by atoms with Gasteiger partial charge in [0.1, 0.15) is 4.88 Å². The molecule has 5 heteroatoms. The monoisotopic (exact) mass is 334 g/mol. The number of fused-ring (bicyclic) bond motifs is 1. The number of carbonyl (C=O) groups excluding carboxylic acids is 1. The second-order valence-electron chi connectivity index (χ2n) is 3.11. The molecule has 0 bridgehead atoms. The number of benzene rings is 1. The molecule has 0 spiro atoms. The van der Waals surface area contributed by atoms with Crippen molar-refractivity contribution in [1.29, 1.82) is 0 Å². The van der Waals surface area contributed by atoms with Crippen LogP contribution in [0.15, 0.2) is 27.6 Å². The molecule has 0 radical (unpaired) electrons. The van der Waals surface area contributed by atoms with E-state index in [2.05, 4.69) is 22.9 Å². The third-order valence-corrected chi connectivity index (χ3v) is 5.17. The minimum absolute atomic E-state index is 0.367. The van der Waals surface area contributed by atoms with E-state index in [0.717, 1.165) is 25.2 Å². The van der Waals surface area contributed by atoms with Gasteiger partial charge in [0, 0.05) is 19.5 Å². The summed E-state index contributed by atoms with van der Waals surface area (Å²) in [6.45, 7) is 2.06. The molecule has 0 unspecified atom stereocenters. The van der Waals surface area contributed by atoms with Crippen molar-refractivity contribution in [2.45, 2.75) is 11.8 Å². The zero-order valence-electron chi connectivity index (χ0n) is 8.42. The van der Waals surface area contributed by atoms with Crippen LogP contribution in [0, 0.1) is 0 Å². The van der Waals surface area contributed by atoms with Crippen molar-refractivity contribution >= 4 is 66.0 Å². The molecule has 0 atom stereocenters. The summed E-state index contributed by atoms with van der Waals surface area (Å²) in [7, 11) is 0. The van der Waals surface area contributed by atoms with Crippen LogP contribution >= 0.6 is 50.6 Å². The average Bonchev–Trinajstić information content (AvgIpc) is 2.58. The summed E-state index contributed by atoms with van der Waals surface area (Å²) >= 11 is 12.2. The van der Waals surface area contributed by atoms with Gasteiger partial charge in [-0.15, -0.1) is 23.1 Å². The van der Waals surface area contributed by atoms with Crippen molar-refractivity contribution in [3.63, 3.8) is 0 Å². The largest absolute Gasteiger partial charge is 0.275 e. The van der Waals surface area contributed by atoms with Gasteiger partial charge in [0.25, 0.3) is 5.24 Å². The first-order chi connectivity index (χ1) is 7.63. The smallest absolute Gasteiger partial charge is 0.263 e. The normalized spacial score (nSPS) is 10.9. The number of hydrogen-bond donors (Lipinski definition) is 0. The Kier molecular flexibility index (Phi) is 3.95. The van der Waals surface area contributed by atoms with E-state index >= 15 is 0 Å². The highest BCUT2D eigenvalue weighted by atomic mass is 79.9. The van der Waals surface area contributed by atoms with E-state index in [-0.39, 0.29) is 5.24 Å². The summed E-state index contributed by atoms with van der Waals surface area (Å²) < 4.78 is 2.12. The maximum Gasteiger partial charge on any atom is 0.263 e. The standard InChI is InChI=1S/C11H8BrClOS2/c1-2-15-9-7-5-6(12)3-4-8(7)16-10(9)11(13)14/h3-5H,2H2,1H3. The summed E-state index contributed by atoms with van der Waals surface area (Å²) in [5.41, 5.74) is 0. The van der Waals surface area contributed by atoms with Gasteiger partial charge in [0.15, 0.2) is 0 Å². The van der Waals surface area contributed by atoms with Gasteiger partial charge < -0.3 is 0 Å². The first kappa shape index (κ1) is 12.4. The predicted molar refractivity (Wildman–Crippen MR) is 76.1 cm³/mol. The van der Waals surface area contributed by atoms with Gasteiger partial charge in [-0.1, -0.05) is 22.9 Å². The van der Waals surface area contributed by atoms with E-state index in [4.69, 9.17) is 11.6 Å². The number of hydrogen-bond acceptors (Lipinski definition) is 3. The zero-order valence-corrected chi connectivity index (χ0v) is 12.4. The van der Waals surface area contributed by atoms with Gasteiger partial charge in [-0.2, -0.15) is 0 Å². The SMILES string of the molecule is CCSc1c(C(=O)Cl)sc2ccc(Br)cc12. The third kappa shape index (κ3) is 2.30. The summed E-state index contributed by atoms with van der Waals surface area (Å²) in [6.07, 6.45) is 0. The van der Waals surface area contributed by atoms with E-state index in [1.54, 1.807) is 11.8 Å². The topological polar surface area (TPSA) is 17.1 Å². The van der Waals surface area contributed by atoms with Crippen molar-refractivity contribution in [3.05, 3.63) is 27.5 Å². The van der Waals surface area contributed by atoms with Crippen LogP contribution in [0.2, 0.25) is 0 Å². The number of carbonyl (C=O) groups is 1. The molecular weight excluding hydrogens is 328 g/mol. The fourth-order valence-electron chi connectivity index (χ4n) is 1.46. The van der Waals surface area contributed by atoms with Gasteiger partial charge >= 0.3 is 0 Å². The van der Waals surface area contributed by atoms with Crippen LogP contribution in [-0.2, 0) is 0 Å². The number of thiophene rings is 1. The second-order valence-corrected chi connectivity index (χ2v) is 6.69. The number of halogens is 2. The van der Waals surface area contributed by atoms with Crippen molar-refractivity contribution in [3.8, 4) is 0 Å². The number of rotatable bonds is 3. The Bertz CT molecular complexity index is 550. The van der Waals surface area contributed by atoms with Crippen molar-refractivity contribution < 1.29 is 4.79 Å². The van der Waals surface area contributed by atoms with Crippen LogP contribution in [0.5, 0.6) is 0 Å². The Balaban J connectivity index is 2.71. The molecule has 84 valence electrons. The second kappa shape index (κ2) is 5.08. The first-order valence-corrected chi connectivity index (χ1v) is 7.65. The van der Waals surface area contributed by atoms with Crippen LogP contribution in [0.25, 0.3) is 10.1 Å². The molecule has 1 heterocycles. The van der Waals surface area contributed by atoms with Crippen molar-refractivity contribution in [2.75, 3.05) is 5.75 Å². The highest BCUT2D eigenvalue weighted by Crippen LogP contribution is 2.40. The lowest BCUT2D eigenvalue weighted by atomic mass is 10.2. The fourth-order valence-corrected chi connectivity index (χ4v) is 4.20. The van der Waals surface area contributed by atoms with Gasteiger partial charge in [0.05, 0.1) is 0 Å². The molecule has 1 aromatic heterocycles. The molecule has 1 nitrogen and oxygen atoms in total. The molecule has 2 aromatic rings. The summed E-state index contributed by atoms with van der Waals surface area (Å²) in [4.78, 5) is 13.0. The molecule has 0 aliphatic carbocycles. The van der Waals surface area contributed by atoms with Crippen LogP contribution < -0.4 is 0 Å². The first-order valence-electron chi connectivity index (χ1n) is 4.68. The van der Waals surface area contributed by atoms with Gasteiger partial charge in [0.2, 0.25) is 0 Å². The van der Waals surface area contributed by atoms with Crippen LogP contribution in [-0.4, -0.2) is 11.0 Å². The Hall–Kier alpha value is -0.0300. The Morgan fingerprint density at radius 3 is 2.94 bits per heavy atom. The van der Waals surface area contributed by atoms with Crippen LogP contribution in [0.3, 0.4) is 0 Å². The summed E-state index contributed by atoms with van der Waals surface area (Å²) in [6, 6.07) is 6.02. The maximum atomic E-state index is 11.3. The van der Waals surface area contributed by atoms with Gasteiger partial charge in [-0.25, -0.2) is 0 Å². The summed E-state index contributed by atoms with van der Waals surface area (Å²) in [5.74, 6) is 0.926. The van der Waals surface area contributed by atoms with E-state index in [1.165, 1.54) is 11.3 Å². The molecule has 0 aliphatic heterocycles. The molecule has 0 N–H and O–H groups in total. The van der Waals surface area contributed by atoms with Gasteiger partial charge in [-0.05, 0) is 35.6 Å². The molecule has 0 saturated carbocycles. The third-order valence-electron chi connectivity index (χ3n) is 2.07. The minimum Gasteiger partial charge on any atom is -0.275 e. The lowest BCUT2D eigenvalue weighted by molar-refractivity contribution is 0.108. The van der Waals surface area contributed by atoms with Crippen LogP contribution in [0.1, 0.15) is 16.6 Å². The molecule has 0 amide bonds. The van der Waals surface area contributed by atoms with E-state index in [1.807, 2.05) is 18.2 Å². The van der Waals surface area contributed by atoms with Crippen molar-refractivity contribution in [1.82, 2.24) is 0 Å². The van der Waals surface area contributed by atoms with Crippen molar-refractivity contribution in [2.24, 2.45) is 0 Å².